The topological polar surface area (TPSA) is 124 Å². The molecule has 1 heterocycles. The molecule has 2 aromatic carbocycles. The fourth-order valence-corrected chi connectivity index (χ4v) is 7.12. The van der Waals surface area contributed by atoms with E-state index < -0.39 is 30.2 Å². The summed E-state index contributed by atoms with van der Waals surface area (Å²) in [5.41, 5.74) is 0.666. The number of anilines is 2. The molecule has 15 heteroatoms. The number of hydrogen-bond acceptors (Lipinski definition) is 6. The van der Waals surface area contributed by atoms with Gasteiger partial charge in [-0.1, -0.05) is 61.6 Å². The van der Waals surface area contributed by atoms with E-state index in [1.165, 1.54) is 6.07 Å². The summed E-state index contributed by atoms with van der Waals surface area (Å²) in [6.07, 6.45) is 0.573. The highest BCUT2D eigenvalue weighted by molar-refractivity contribution is 7.90. The van der Waals surface area contributed by atoms with Crippen molar-refractivity contribution in [2.75, 3.05) is 23.7 Å². The molecule has 0 spiro atoms. The third-order valence-electron chi connectivity index (χ3n) is 7.09. The summed E-state index contributed by atoms with van der Waals surface area (Å²) in [4.78, 5) is 12.6. The van der Waals surface area contributed by atoms with Crippen LogP contribution in [-0.2, 0) is 14.8 Å². The van der Waals surface area contributed by atoms with Gasteiger partial charge < -0.3 is 25.3 Å². The minimum absolute atomic E-state index is 0.0560. The van der Waals surface area contributed by atoms with Crippen LogP contribution in [0, 0.1) is 11.1 Å². The minimum atomic E-state index is -4.49. The Kier molecular flexibility index (Phi) is 10.4. The number of hydroxylamine groups is 2. The van der Waals surface area contributed by atoms with Crippen molar-refractivity contribution in [1.82, 2.24) is 4.72 Å². The van der Waals surface area contributed by atoms with Gasteiger partial charge in [0, 0.05) is 18.8 Å². The first-order chi connectivity index (χ1) is 18.4. The Bertz CT molecular complexity index is 1400. The fraction of sp³-hybridized carbons (Fsp3) is 0.440. The van der Waals surface area contributed by atoms with E-state index in [0.717, 1.165) is 0 Å². The molecule has 220 valence electrons. The van der Waals surface area contributed by atoms with E-state index in [2.05, 4.69) is 15.4 Å². The number of amides is 1. The van der Waals surface area contributed by atoms with Crippen molar-refractivity contribution in [3.8, 4) is 5.75 Å². The Balaban J connectivity index is 2.03. The zero-order valence-electron chi connectivity index (χ0n) is 22.8. The number of carbonyl (C=O) groups excluding carboxylic acids is 1. The van der Waals surface area contributed by atoms with Crippen molar-refractivity contribution in [1.29, 1.82) is 0 Å². The molecule has 1 aliphatic rings. The average Bonchev–Trinajstić information content (AvgIpc) is 2.83. The van der Waals surface area contributed by atoms with Crippen molar-refractivity contribution < 1.29 is 22.7 Å². The van der Waals surface area contributed by atoms with Crippen LogP contribution in [0.5, 0.6) is 5.75 Å². The van der Waals surface area contributed by atoms with Gasteiger partial charge in [0.25, 0.3) is 18.3 Å². The molecule has 1 fully saturated rings. The van der Waals surface area contributed by atoms with E-state index in [-0.39, 0.29) is 67.5 Å². The van der Waals surface area contributed by atoms with Crippen LogP contribution in [-0.4, -0.2) is 40.8 Å². The van der Waals surface area contributed by atoms with Gasteiger partial charge in [0.2, 0.25) is 5.91 Å². The normalized spacial score (nSPS) is 18.1. The molecule has 3 rings (SSSR count). The molecule has 0 aliphatic carbocycles. The van der Waals surface area contributed by atoms with Crippen molar-refractivity contribution in [3.63, 3.8) is 0 Å². The van der Waals surface area contributed by atoms with Crippen molar-refractivity contribution in [2.45, 2.75) is 56.6 Å². The van der Waals surface area contributed by atoms with Crippen LogP contribution in [0.15, 0.2) is 35.2 Å². The van der Waals surface area contributed by atoms with Gasteiger partial charge in [0.1, 0.15) is 10.6 Å². The Morgan fingerprint density at radius 2 is 1.65 bits per heavy atom. The number of carbonyl (C=O) groups is 1. The quantitative estimate of drug-likeness (QED) is 0.175. The monoisotopic (exact) mass is 666 g/mol. The molecule has 0 bridgehead atoms. The smallest absolute Gasteiger partial charge is 0.269 e. The second kappa shape index (κ2) is 12.7. The Morgan fingerprint density at radius 1 is 1.05 bits per heavy atom. The number of quaternary nitrogens is 1. The molecule has 0 saturated carbocycles. The molecule has 40 heavy (non-hydrogen) atoms. The van der Waals surface area contributed by atoms with Crippen LogP contribution in [0.3, 0.4) is 0 Å². The van der Waals surface area contributed by atoms with Gasteiger partial charge in [0.15, 0.2) is 5.11 Å². The number of benzene rings is 2. The molecule has 4 N–H and O–H groups in total. The predicted octanol–water partition coefficient (Wildman–Crippen LogP) is 5.44. The zero-order valence-corrected chi connectivity index (χ0v) is 27.7. The first kappa shape index (κ1) is 32.9. The lowest BCUT2D eigenvalue weighted by Crippen LogP contribution is -3.08. The van der Waals surface area contributed by atoms with Gasteiger partial charge in [0.05, 0.1) is 39.5 Å². The SMILES string of the molecule is CC(C)(C)[Si](C)(C)Oc1c(NC(=S)Nc2cccc(Cl)c2Cl)ccc(Cl)c1S(=O)(=O)NC(=O)C1CC[NH+]([O-])CC1. The summed E-state index contributed by atoms with van der Waals surface area (Å²) in [7, 11) is -7.14. The lowest BCUT2D eigenvalue weighted by Gasteiger charge is -2.37. The first-order valence-electron chi connectivity index (χ1n) is 12.5. The molecule has 2 aromatic rings. The summed E-state index contributed by atoms with van der Waals surface area (Å²) in [5.74, 6) is -1.34. The number of nitrogens with one attached hydrogen (secondary N) is 4. The van der Waals surface area contributed by atoms with Crippen LogP contribution >= 0.6 is 47.0 Å². The maximum atomic E-state index is 13.7. The number of halogens is 3. The Labute approximate surface area is 256 Å². The molecule has 9 nitrogen and oxygen atoms in total. The first-order valence-corrected chi connectivity index (χ1v) is 18.5. The molecular weight excluding hydrogens is 635 g/mol. The maximum Gasteiger partial charge on any atom is 0.269 e. The van der Waals surface area contributed by atoms with Gasteiger partial charge >= 0.3 is 0 Å². The average molecular weight is 668 g/mol. The van der Waals surface area contributed by atoms with Gasteiger partial charge in [-0.05, 0) is 54.6 Å². The van der Waals surface area contributed by atoms with Crippen molar-refractivity contribution >= 4 is 87.8 Å². The second-order valence-electron chi connectivity index (χ2n) is 11.1. The molecule has 0 aromatic heterocycles. The van der Waals surface area contributed by atoms with E-state index in [9.17, 15) is 18.4 Å². The van der Waals surface area contributed by atoms with E-state index in [0.29, 0.717) is 10.7 Å². The van der Waals surface area contributed by atoms with Gasteiger partial charge in [-0.2, -0.15) is 0 Å². The van der Waals surface area contributed by atoms with Crippen LogP contribution in [0.25, 0.3) is 0 Å². The van der Waals surface area contributed by atoms with Crippen LogP contribution in [0.1, 0.15) is 33.6 Å². The number of thiocarbonyl (C=S) groups is 1. The maximum absolute atomic E-state index is 13.7. The Morgan fingerprint density at radius 3 is 2.25 bits per heavy atom. The highest BCUT2D eigenvalue weighted by Crippen LogP contribution is 2.44. The molecule has 0 unspecified atom stereocenters. The van der Waals surface area contributed by atoms with Crippen LogP contribution < -0.4 is 24.8 Å². The lowest BCUT2D eigenvalue weighted by atomic mass is 9.97. The number of rotatable bonds is 7. The second-order valence-corrected chi connectivity index (χ2v) is 19.0. The number of piperidine rings is 1. The van der Waals surface area contributed by atoms with Gasteiger partial charge in [-0.15, -0.1) is 0 Å². The summed E-state index contributed by atoms with van der Waals surface area (Å²) >= 11 is 24.3. The summed E-state index contributed by atoms with van der Waals surface area (Å²) in [6, 6.07) is 7.94. The molecule has 1 saturated heterocycles. The third-order valence-corrected chi connectivity index (χ3v) is 14.3. The predicted molar refractivity (Wildman–Crippen MR) is 168 cm³/mol. The zero-order chi connectivity index (χ0) is 30.0. The van der Waals surface area contributed by atoms with Crippen LogP contribution in [0.2, 0.25) is 33.2 Å². The minimum Gasteiger partial charge on any atom is -0.634 e. The van der Waals surface area contributed by atoms with E-state index in [1.807, 2.05) is 33.9 Å². The standard InChI is InChI=1S/C25H33Cl3N4O5S2Si/c1-25(2,3)40(4,5)37-21-19(30-24(38)29-18-8-6-7-16(26)20(18)28)10-9-17(27)22(21)39(35,36)31-23(33)15-11-13-32(34)14-12-15/h6-10,15,32H,11-14H2,1-5H3,(H,31,33)(H2,29,30,38). The Hall–Kier alpha value is -1.64. The summed E-state index contributed by atoms with van der Waals surface area (Å²) in [5, 5.41) is 17.8. The van der Waals surface area contributed by atoms with E-state index in [4.69, 9.17) is 51.4 Å². The fourth-order valence-electron chi connectivity index (χ4n) is 3.74. The van der Waals surface area contributed by atoms with Crippen LogP contribution in [0.4, 0.5) is 11.4 Å². The third kappa shape index (κ3) is 7.80. The summed E-state index contributed by atoms with van der Waals surface area (Å²) < 4.78 is 36.0. The highest BCUT2D eigenvalue weighted by Gasteiger charge is 2.42. The molecule has 1 aliphatic heterocycles. The highest BCUT2D eigenvalue weighted by atomic mass is 35.5. The molecule has 1 amide bonds. The largest absolute Gasteiger partial charge is 0.634 e. The van der Waals surface area contributed by atoms with E-state index >= 15 is 0 Å². The van der Waals surface area contributed by atoms with Crippen molar-refractivity contribution in [3.05, 3.63) is 50.6 Å². The summed E-state index contributed by atoms with van der Waals surface area (Å²) in [6.45, 7) is 10.4. The molecular formula is C25H33Cl3N4O5S2Si. The number of sulfonamides is 1. The molecule has 0 atom stereocenters. The number of hydrogen-bond donors (Lipinski definition) is 4. The van der Waals surface area contributed by atoms with E-state index in [1.54, 1.807) is 24.3 Å². The lowest BCUT2D eigenvalue weighted by molar-refractivity contribution is -0.854. The van der Waals surface area contributed by atoms with Crippen molar-refractivity contribution in [2.24, 2.45) is 5.92 Å². The molecule has 0 radical (unpaired) electrons. The van der Waals surface area contributed by atoms with Gasteiger partial charge in [-0.25, -0.2) is 13.1 Å². The van der Waals surface area contributed by atoms with Gasteiger partial charge in [-0.3, -0.25) is 4.79 Å².